The Morgan fingerprint density at radius 1 is 0.952 bits per heavy atom. The quantitative estimate of drug-likeness (QED) is 0.196. The molecule has 3 rings (SSSR count). The van der Waals surface area contributed by atoms with Gasteiger partial charge in [0.1, 0.15) is 5.75 Å². The number of hydrogen-bond acceptors (Lipinski definition) is 3. The van der Waals surface area contributed by atoms with Crippen LogP contribution in [0, 0.1) is 0 Å². The topological polar surface area (TPSA) is 59.5 Å². The van der Waals surface area contributed by atoms with Gasteiger partial charge in [-0.05, 0) is 80.4 Å². The molecule has 42 heavy (non-hydrogen) atoms. The largest absolute Gasteiger partial charge is 0.508 e. The molecule has 2 aromatic carbocycles. The summed E-state index contributed by atoms with van der Waals surface area (Å²) in [6.07, 6.45) is 1.39. The number of aromatic amines is 1. The van der Waals surface area contributed by atoms with E-state index in [0.29, 0.717) is 11.3 Å². The van der Waals surface area contributed by atoms with Crippen LogP contribution in [0.15, 0.2) is 79.4 Å². The van der Waals surface area contributed by atoms with Crippen molar-refractivity contribution in [2.24, 2.45) is 0 Å². The maximum atomic E-state index is 14.1. The number of nitrogens with one attached hydrogen (secondary N) is 1. The first-order chi connectivity index (χ1) is 19.7. The first-order valence-electron chi connectivity index (χ1n) is 14.5. The van der Waals surface area contributed by atoms with E-state index in [1.807, 2.05) is 44.2 Å². The number of allylic oxidation sites excluding steroid dienone is 2. The van der Waals surface area contributed by atoms with Crippen molar-refractivity contribution in [3.8, 4) is 16.9 Å². The Morgan fingerprint density at radius 2 is 1.60 bits per heavy atom. The molecule has 0 radical (unpaired) electrons. The normalized spacial score (nSPS) is 13.1. The number of phenolic OH excluding ortho intramolecular Hbond substituents is 1. The minimum absolute atomic E-state index is 0.110. The summed E-state index contributed by atoms with van der Waals surface area (Å²) in [5.74, 6) is -0.110. The minimum Gasteiger partial charge on any atom is -0.508 e. The number of aromatic hydroxyl groups is 1. The number of aromatic nitrogens is 1. The van der Waals surface area contributed by atoms with Gasteiger partial charge >= 0.3 is 6.18 Å². The fraction of sp³-hybridized carbons (Fsp3) is 0.429. The van der Waals surface area contributed by atoms with Crippen LogP contribution in [0.2, 0.25) is 0 Å². The SMILES string of the molecule is C=C/C=C\c1ccc(CC(O)(CC(C)(C)c2cc(-c3ccccc3)ccc2O)C(F)(F)F)[nH]1.CC.CCCCN(C)C. The summed E-state index contributed by atoms with van der Waals surface area (Å²) < 4.78 is 42.4. The van der Waals surface area contributed by atoms with E-state index < -0.39 is 30.0 Å². The molecule has 0 bridgehead atoms. The highest BCUT2D eigenvalue weighted by Gasteiger charge is 2.56. The van der Waals surface area contributed by atoms with E-state index in [4.69, 9.17) is 0 Å². The molecular weight excluding hydrogens is 537 g/mol. The number of phenols is 1. The first-order valence-corrected chi connectivity index (χ1v) is 14.5. The lowest BCUT2D eigenvalue weighted by atomic mass is 9.72. The predicted molar refractivity (Wildman–Crippen MR) is 171 cm³/mol. The van der Waals surface area contributed by atoms with Crippen molar-refractivity contribution >= 4 is 6.08 Å². The summed E-state index contributed by atoms with van der Waals surface area (Å²) in [5, 5.41) is 21.4. The van der Waals surface area contributed by atoms with Crippen LogP contribution < -0.4 is 0 Å². The van der Waals surface area contributed by atoms with Crippen LogP contribution >= 0.6 is 0 Å². The Kier molecular flexibility index (Phi) is 14.9. The van der Waals surface area contributed by atoms with Crippen molar-refractivity contribution < 1.29 is 23.4 Å². The lowest BCUT2D eigenvalue weighted by Gasteiger charge is -2.38. The highest BCUT2D eigenvalue weighted by Crippen LogP contribution is 2.45. The monoisotopic (exact) mass is 586 g/mol. The van der Waals surface area contributed by atoms with Crippen LogP contribution in [-0.4, -0.2) is 52.5 Å². The molecule has 0 fully saturated rings. The van der Waals surface area contributed by atoms with Crippen LogP contribution in [0.4, 0.5) is 13.2 Å². The van der Waals surface area contributed by atoms with Gasteiger partial charge in [-0.1, -0.05) is 96.2 Å². The summed E-state index contributed by atoms with van der Waals surface area (Å²) in [4.78, 5) is 5.11. The summed E-state index contributed by atoms with van der Waals surface area (Å²) in [6, 6.07) is 17.4. The number of aliphatic hydroxyl groups is 1. The maximum absolute atomic E-state index is 14.1. The molecule has 0 aliphatic heterocycles. The number of rotatable bonds is 11. The Labute approximate surface area is 250 Å². The molecule has 0 saturated heterocycles. The summed E-state index contributed by atoms with van der Waals surface area (Å²) in [5.41, 5.74) is -1.32. The minimum atomic E-state index is -4.88. The van der Waals surface area contributed by atoms with E-state index in [1.54, 1.807) is 50.3 Å². The summed E-state index contributed by atoms with van der Waals surface area (Å²) >= 11 is 0. The molecule has 1 heterocycles. The molecule has 0 aliphatic carbocycles. The second-order valence-corrected chi connectivity index (χ2v) is 11.1. The lowest BCUT2D eigenvalue weighted by Crippen LogP contribution is -2.50. The number of H-pyrrole nitrogens is 1. The Hall–Kier alpha value is -3.29. The second-order valence-electron chi connectivity index (χ2n) is 11.1. The van der Waals surface area contributed by atoms with Crippen molar-refractivity contribution in [3.05, 3.63) is 96.3 Å². The molecule has 0 aliphatic rings. The molecule has 1 aromatic heterocycles. The molecule has 3 N–H and O–H groups in total. The molecule has 7 heteroatoms. The first kappa shape index (κ1) is 36.7. The van der Waals surface area contributed by atoms with Gasteiger partial charge in [-0.2, -0.15) is 13.2 Å². The molecule has 3 aromatic rings. The molecule has 232 valence electrons. The van der Waals surface area contributed by atoms with Crippen molar-refractivity contribution in [3.63, 3.8) is 0 Å². The van der Waals surface area contributed by atoms with Gasteiger partial charge in [-0.25, -0.2) is 0 Å². The van der Waals surface area contributed by atoms with Gasteiger partial charge in [0.2, 0.25) is 0 Å². The van der Waals surface area contributed by atoms with Crippen molar-refractivity contribution in [2.75, 3.05) is 20.6 Å². The third-order valence-corrected chi connectivity index (χ3v) is 6.72. The van der Waals surface area contributed by atoms with E-state index in [2.05, 4.69) is 37.5 Å². The van der Waals surface area contributed by atoms with Crippen LogP contribution in [-0.2, 0) is 11.8 Å². The van der Waals surface area contributed by atoms with E-state index in [0.717, 1.165) is 11.1 Å². The van der Waals surface area contributed by atoms with Crippen molar-refractivity contribution in [1.82, 2.24) is 9.88 Å². The maximum Gasteiger partial charge on any atom is 0.417 e. The summed E-state index contributed by atoms with van der Waals surface area (Å²) in [7, 11) is 4.21. The van der Waals surface area contributed by atoms with Gasteiger partial charge < -0.3 is 20.1 Å². The highest BCUT2D eigenvalue weighted by atomic mass is 19.4. The fourth-order valence-electron chi connectivity index (χ4n) is 4.60. The van der Waals surface area contributed by atoms with Crippen molar-refractivity contribution in [2.45, 2.75) is 77.5 Å². The number of benzene rings is 2. The Bertz CT molecular complexity index is 1230. The molecule has 4 nitrogen and oxygen atoms in total. The van der Waals surface area contributed by atoms with Gasteiger partial charge in [0, 0.05) is 23.4 Å². The average molecular weight is 587 g/mol. The zero-order valence-corrected chi connectivity index (χ0v) is 26.2. The van der Waals surface area contributed by atoms with E-state index in [9.17, 15) is 23.4 Å². The third kappa shape index (κ3) is 11.2. The summed E-state index contributed by atoms with van der Waals surface area (Å²) in [6.45, 7) is 14.2. The zero-order chi connectivity index (χ0) is 32.0. The van der Waals surface area contributed by atoms with Crippen LogP contribution in [0.1, 0.15) is 70.8 Å². The fourth-order valence-corrected chi connectivity index (χ4v) is 4.60. The second kappa shape index (κ2) is 17.0. The molecule has 1 unspecified atom stereocenters. The third-order valence-electron chi connectivity index (χ3n) is 6.72. The molecule has 1 atom stereocenters. The van der Waals surface area contributed by atoms with E-state index >= 15 is 0 Å². The highest BCUT2D eigenvalue weighted by molar-refractivity contribution is 5.66. The Morgan fingerprint density at radius 3 is 2.12 bits per heavy atom. The van der Waals surface area contributed by atoms with E-state index in [1.165, 1.54) is 31.5 Å². The number of unbranched alkanes of at least 4 members (excludes halogenated alkanes) is 1. The zero-order valence-electron chi connectivity index (χ0n) is 26.2. The number of halogens is 3. The average Bonchev–Trinajstić information content (AvgIpc) is 3.38. The Balaban J connectivity index is 0.000000858. The predicted octanol–water partition coefficient (Wildman–Crippen LogP) is 9.16. The van der Waals surface area contributed by atoms with Crippen LogP contribution in [0.25, 0.3) is 17.2 Å². The van der Waals surface area contributed by atoms with Gasteiger partial charge in [0.15, 0.2) is 5.60 Å². The van der Waals surface area contributed by atoms with Gasteiger partial charge in [0.05, 0.1) is 0 Å². The van der Waals surface area contributed by atoms with Crippen LogP contribution in [0.3, 0.4) is 0 Å². The standard InChI is InChI=1S/C27H28F3NO2.C6H15N.C2H6/c1-4-5-11-21-13-14-22(31-21)17-26(33,27(28,29)30)18-25(2,3)23-16-20(12-15-24(23)32)19-9-7-6-8-10-19;1-4-5-6-7(2)3;1-2/h4-16,31-33H,1,17-18H2,2-3H3;4-6H2,1-3H3;1-2H3/b11-5-;;. The molecule has 0 spiro atoms. The van der Waals surface area contributed by atoms with Gasteiger partial charge in [-0.15, -0.1) is 0 Å². The number of hydrogen-bond donors (Lipinski definition) is 3. The van der Waals surface area contributed by atoms with Gasteiger partial charge in [0.25, 0.3) is 0 Å². The van der Waals surface area contributed by atoms with Crippen LogP contribution in [0.5, 0.6) is 5.75 Å². The smallest absolute Gasteiger partial charge is 0.417 e. The van der Waals surface area contributed by atoms with Gasteiger partial charge in [-0.3, -0.25) is 0 Å². The lowest BCUT2D eigenvalue weighted by molar-refractivity contribution is -0.266. The number of nitrogens with zero attached hydrogens (tertiary/aromatic N) is 1. The molecule has 0 saturated carbocycles. The van der Waals surface area contributed by atoms with Crippen molar-refractivity contribution in [1.29, 1.82) is 0 Å². The number of alkyl halides is 3. The van der Waals surface area contributed by atoms with E-state index in [-0.39, 0.29) is 11.4 Å². The molecule has 0 amide bonds. The molecular formula is C35H49F3N2O2.